The Morgan fingerprint density at radius 1 is 0.914 bits per heavy atom. The number of carbonyl (C=O) groups is 3. The molecule has 2 aromatic rings. The monoisotopic (exact) mass is 472 g/mol. The molecule has 3 N–H and O–H groups in total. The van der Waals surface area contributed by atoms with Gasteiger partial charge >= 0.3 is 12.1 Å². The van der Waals surface area contributed by atoms with Crippen molar-refractivity contribution in [2.24, 2.45) is 5.41 Å². The first-order valence-corrected chi connectivity index (χ1v) is 12.0. The van der Waals surface area contributed by atoms with Crippen LogP contribution in [0.25, 0.3) is 11.1 Å². The van der Waals surface area contributed by atoms with Gasteiger partial charge < -0.3 is 20.5 Å². The molecule has 0 radical (unpaired) electrons. The van der Waals surface area contributed by atoms with E-state index in [1.165, 1.54) is 22.3 Å². The van der Waals surface area contributed by atoms with E-state index < -0.39 is 17.5 Å². The maximum Gasteiger partial charge on any atom is 0.407 e. The van der Waals surface area contributed by atoms with Crippen LogP contribution in [0.2, 0.25) is 0 Å². The molecule has 0 heterocycles. The molecule has 2 bridgehead atoms. The van der Waals surface area contributed by atoms with E-state index in [-0.39, 0.29) is 30.5 Å². The van der Waals surface area contributed by atoms with Crippen LogP contribution >= 0.6 is 0 Å². The molecule has 7 nitrogen and oxygen atoms in total. The van der Waals surface area contributed by atoms with Crippen molar-refractivity contribution in [2.45, 2.75) is 50.0 Å². The summed E-state index contributed by atoms with van der Waals surface area (Å²) in [5.41, 5.74) is 3.94. The lowest BCUT2D eigenvalue weighted by atomic mass is 9.57. The lowest BCUT2D eigenvalue weighted by Crippen LogP contribution is -2.59. The molecule has 2 amide bonds. The minimum atomic E-state index is -1.21. The first-order chi connectivity index (χ1) is 16.9. The zero-order valence-electron chi connectivity index (χ0n) is 19.4. The van der Waals surface area contributed by atoms with Crippen LogP contribution in [0.3, 0.4) is 0 Å². The summed E-state index contributed by atoms with van der Waals surface area (Å²) >= 11 is 0. The van der Waals surface area contributed by atoms with Crippen molar-refractivity contribution in [1.29, 1.82) is 0 Å². The van der Waals surface area contributed by atoms with Crippen LogP contribution in [0.4, 0.5) is 4.79 Å². The summed E-state index contributed by atoms with van der Waals surface area (Å²) in [6.45, 7) is 0.301. The van der Waals surface area contributed by atoms with Gasteiger partial charge in [0.05, 0.1) is 6.54 Å². The van der Waals surface area contributed by atoms with Gasteiger partial charge in [-0.1, -0.05) is 54.5 Å². The molecule has 2 aromatic carbocycles. The van der Waals surface area contributed by atoms with E-state index in [2.05, 4.69) is 40.8 Å². The molecule has 180 valence electrons. The molecule has 0 spiro atoms. The normalized spacial score (nSPS) is 23.9. The molecule has 0 unspecified atom stereocenters. The van der Waals surface area contributed by atoms with Gasteiger partial charge in [0.1, 0.15) is 6.61 Å². The average molecular weight is 473 g/mol. The van der Waals surface area contributed by atoms with E-state index in [1.54, 1.807) is 0 Å². The maximum absolute atomic E-state index is 12.8. The predicted octanol–water partition coefficient (Wildman–Crippen LogP) is 3.82. The number of aliphatic carboxylic acids is 1. The van der Waals surface area contributed by atoms with E-state index in [0.29, 0.717) is 38.5 Å². The third-order valence-electron chi connectivity index (χ3n) is 7.97. The Labute approximate surface area is 204 Å². The van der Waals surface area contributed by atoms with Crippen LogP contribution in [-0.2, 0) is 14.3 Å². The quantitative estimate of drug-likeness (QED) is 0.574. The molecule has 0 aliphatic heterocycles. The van der Waals surface area contributed by atoms with Gasteiger partial charge in [-0.05, 0) is 60.8 Å². The Bertz CT molecular complexity index is 1170. The highest BCUT2D eigenvalue weighted by molar-refractivity contribution is 5.87. The number of nitrogens with one attached hydrogen (secondary N) is 2. The fourth-order valence-corrected chi connectivity index (χ4v) is 6.00. The zero-order valence-corrected chi connectivity index (χ0v) is 19.4. The number of carbonyl (C=O) groups excluding carboxylic acids is 2. The number of amides is 2. The first-order valence-electron chi connectivity index (χ1n) is 12.0. The molecule has 0 aromatic heterocycles. The highest BCUT2D eigenvalue weighted by atomic mass is 16.5. The number of ether oxygens (including phenoxy) is 1. The number of carboxylic acid groups (broad SMARTS) is 1. The summed E-state index contributed by atoms with van der Waals surface area (Å²) in [6.07, 6.45) is 3.76. The van der Waals surface area contributed by atoms with Gasteiger partial charge in [0.2, 0.25) is 5.91 Å². The van der Waals surface area contributed by atoms with Gasteiger partial charge in [-0.25, -0.2) is 9.59 Å². The molecule has 6 rings (SSSR count). The molecule has 4 aliphatic carbocycles. The highest BCUT2D eigenvalue weighted by Crippen LogP contribution is 2.52. The Hall–Kier alpha value is -3.79. The predicted molar refractivity (Wildman–Crippen MR) is 129 cm³/mol. The molecule has 0 saturated heterocycles. The van der Waals surface area contributed by atoms with E-state index in [9.17, 15) is 14.4 Å². The third-order valence-corrected chi connectivity index (χ3v) is 7.97. The van der Waals surface area contributed by atoms with Crippen molar-refractivity contribution in [3.63, 3.8) is 0 Å². The van der Waals surface area contributed by atoms with Crippen molar-refractivity contribution in [1.82, 2.24) is 10.6 Å². The number of alkyl carbamates (subject to hydrolysis) is 1. The largest absolute Gasteiger partial charge is 0.472 e. The summed E-state index contributed by atoms with van der Waals surface area (Å²) in [5, 5.41) is 14.5. The lowest BCUT2D eigenvalue weighted by Gasteiger charge is -2.52. The number of fused-ring (bicyclic) bond motifs is 6. The summed E-state index contributed by atoms with van der Waals surface area (Å²) in [6, 6.07) is 16.5. The van der Waals surface area contributed by atoms with Gasteiger partial charge in [0.25, 0.3) is 0 Å². The zero-order chi connectivity index (χ0) is 24.5. The topological polar surface area (TPSA) is 105 Å². The molecule has 3 saturated carbocycles. The molecule has 7 heteroatoms. The molecule has 4 aliphatic rings. The van der Waals surface area contributed by atoms with E-state index >= 15 is 0 Å². The third kappa shape index (κ3) is 4.37. The first kappa shape index (κ1) is 23.0. The van der Waals surface area contributed by atoms with Crippen molar-refractivity contribution in [3.05, 3.63) is 59.7 Å². The van der Waals surface area contributed by atoms with E-state index in [4.69, 9.17) is 9.84 Å². The average Bonchev–Trinajstić information content (AvgIpc) is 3.20. The summed E-state index contributed by atoms with van der Waals surface area (Å²) < 4.78 is 5.75. The van der Waals surface area contributed by atoms with Crippen LogP contribution in [0.15, 0.2) is 48.5 Å². The van der Waals surface area contributed by atoms with Gasteiger partial charge in [-0.15, -0.1) is 0 Å². The van der Waals surface area contributed by atoms with Crippen molar-refractivity contribution in [2.75, 3.05) is 13.2 Å². The molecular formula is C28H28N2O5. The van der Waals surface area contributed by atoms with Gasteiger partial charge in [-0.2, -0.15) is 0 Å². The number of benzene rings is 2. The molecule has 3 fully saturated rings. The van der Waals surface area contributed by atoms with Crippen LogP contribution in [0, 0.1) is 17.3 Å². The minimum Gasteiger partial charge on any atom is -0.472 e. The fraction of sp³-hybridized carbons (Fsp3) is 0.393. The SMILES string of the molecule is O=C(O)C#CCNC(=O)C12CCC(NC(=O)OCC3c4ccccc4-c4ccccc43)(CC1)CC2. The Kier molecular flexibility index (Phi) is 5.98. The second-order valence-corrected chi connectivity index (χ2v) is 9.80. The van der Waals surface area contributed by atoms with Gasteiger partial charge in [-0.3, -0.25) is 4.79 Å². The molecule has 0 atom stereocenters. The second-order valence-electron chi connectivity index (χ2n) is 9.80. The van der Waals surface area contributed by atoms with Crippen LogP contribution < -0.4 is 10.6 Å². The Morgan fingerprint density at radius 3 is 2.06 bits per heavy atom. The number of hydrogen-bond donors (Lipinski definition) is 3. The fourth-order valence-electron chi connectivity index (χ4n) is 6.00. The Morgan fingerprint density at radius 2 is 1.49 bits per heavy atom. The summed E-state index contributed by atoms with van der Waals surface area (Å²) in [7, 11) is 0. The van der Waals surface area contributed by atoms with Crippen molar-refractivity contribution < 1.29 is 24.2 Å². The summed E-state index contributed by atoms with van der Waals surface area (Å²) in [5.74, 6) is 3.17. The van der Waals surface area contributed by atoms with Gasteiger partial charge in [0, 0.05) is 22.8 Å². The molecule has 35 heavy (non-hydrogen) atoms. The number of carboxylic acids is 1. The molecular weight excluding hydrogens is 444 g/mol. The number of rotatable bonds is 5. The maximum atomic E-state index is 12.8. The highest BCUT2D eigenvalue weighted by Gasteiger charge is 2.53. The van der Waals surface area contributed by atoms with E-state index in [0.717, 1.165) is 0 Å². The van der Waals surface area contributed by atoms with Crippen molar-refractivity contribution >= 4 is 18.0 Å². The van der Waals surface area contributed by atoms with Crippen LogP contribution in [0.5, 0.6) is 0 Å². The standard InChI is InChI=1S/C28H28N2O5/c31-24(32)10-5-17-29-25(33)27-11-14-28(15-12-27,16-13-27)30-26(34)35-18-23-21-8-3-1-6-19(21)20-7-2-4-9-22(20)23/h1-4,6-9,23H,11-18H2,(H,29,33)(H,30,34)(H,31,32). The van der Waals surface area contributed by atoms with Crippen LogP contribution in [0.1, 0.15) is 55.6 Å². The van der Waals surface area contributed by atoms with E-state index in [1.807, 2.05) is 30.2 Å². The number of hydrogen-bond acceptors (Lipinski definition) is 4. The minimum absolute atomic E-state index is 0.0175. The second kappa shape index (κ2) is 9.10. The Balaban J connectivity index is 1.17. The summed E-state index contributed by atoms with van der Waals surface area (Å²) in [4.78, 5) is 36.1. The lowest BCUT2D eigenvalue weighted by molar-refractivity contribution is -0.138. The van der Waals surface area contributed by atoms with Crippen molar-refractivity contribution in [3.8, 4) is 23.0 Å². The van der Waals surface area contributed by atoms with Crippen LogP contribution in [-0.4, -0.2) is 41.8 Å². The van der Waals surface area contributed by atoms with Gasteiger partial charge in [0.15, 0.2) is 0 Å². The smallest absolute Gasteiger partial charge is 0.407 e.